The van der Waals surface area contributed by atoms with Crippen LogP contribution >= 0.6 is 24.8 Å². The molecule has 1 aromatic carbocycles. The highest BCUT2D eigenvalue weighted by molar-refractivity contribution is 5.86. The number of nitrogen functional groups attached to an aromatic ring is 2. The van der Waals surface area contributed by atoms with E-state index in [-0.39, 0.29) is 36.5 Å². The Hall–Kier alpha value is -1.83. The van der Waals surface area contributed by atoms with Gasteiger partial charge in [0.2, 0.25) is 0 Å². The Morgan fingerprint density at radius 2 is 1.96 bits per heavy atom. The number of benzene rings is 1. The van der Waals surface area contributed by atoms with Gasteiger partial charge >= 0.3 is 0 Å². The molecule has 9 heteroatoms. The van der Waals surface area contributed by atoms with Crippen LogP contribution in [0.1, 0.15) is 25.5 Å². The van der Waals surface area contributed by atoms with Crippen molar-refractivity contribution in [3.63, 3.8) is 0 Å². The summed E-state index contributed by atoms with van der Waals surface area (Å²) < 4.78 is 13.9. The van der Waals surface area contributed by atoms with Gasteiger partial charge in [-0.25, -0.2) is 14.4 Å². The van der Waals surface area contributed by atoms with Gasteiger partial charge in [0.15, 0.2) is 5.82 Å². The fourth-order valence-electron chi connectivity index (χ4n) is 3.00. The molecule has 0 radical (unpaired) electrons. The average molecular weight is 403 g/mol. The second-order valence-electron chi connectivity index (χ2n) is 6.21. The lowest BCUT2D eigenvalue weighted by atomic mass is 10.1. The second-order valence-corrected chi connectivity index (χ2v) is 6.21. The van der Waals surface area contributed by atoms with Gasteiger partial charge < -0.3 is 22.1 Å². The molecule has 2 heterocycles. The van der Waals surface area contributed by atoms with Crippen molar-refractivity contribution in [1.29, 1.82) is 0 Å². The lowest BCUT2D eigenvalue weighted by Crippen LogP contribution is -2.27. The number of nitrogens with zero attached hydrogens (tertiary/aromatic N) is 3. The van der Waals surface area contributed by atoms with Crippen molar-refractivity contribution >= 4 is 42.0 Å². The minimum Gasteiger partial charge on any atom is -0.398 e. The van der Waals surface area contributed by atoms with Crippen LogP contribution in [0.3, 0.4) is 0 Å². The van der Waals surface area contributed by atoms with E-state index >= 15 is 0 Å². The van der Waals surface area contributed by atoms with Gasteiger partial charge in [-0.1, -0.05) is 13.3 Å². The molecule has 1 saturated heterocycles. The monoisotopic (exact) mass is 402 g/mol. The molecule has 0 aliphatic carbocycles. The van der Waals surface area contributed by atoms with E-state index in [1.807, 2.05) is 6.07 Å². The highest BCUT2D eigenvalue weighted by Gasteiger charge is 2.23. The first-order valence-corrected chi connectivity index (χ1v) is 8.22. The molecule has 6 N–H and O–H groups in total. The molecule has 0 bridgehead atoms. The van der Waals surface area contributed by atoms with Gasteiger partial charge in [-0.2, -0.15) is 0 Å². The number of aryl methyl sites for hydroxylation is 1. The smallest absolute Gasteiger partial charge is 0.166 e. The number of aromatic nitrogens is 2. The van der Waals surface area contributed by atoms with Crippen molar-refractivity contribution in [2.45, 2.75) is 32.2 Å². The molecule has 144 valence electrons. The summed E-state index contributed by atoms with van der Waals surface area (Å²) >= 11 is 0. The molecule has 1 fully saturated rings. The summed E-state index contributed by atoms with van der Waals surface area (Å²) in [6.07, 6.45) is 2.67. The molecule has 1 unspecified atom stereocenters. The van der Waals surface area contributed by atoms with Crippen LogP contribution in [0.4, 0.5) is 21.6 Å². The number of rotatable bonds is 4. The molecular formula is C17H25Cl2FN6. The molecular weight excluding hydrogens is 378 g/mol. The Labute approximate surface area is 165 Å². The summed E-state index contributed by atoms with van der Waals surface area (Å²) in [6.45, 7) is 3.67. The largest absolute Gasteiger partial charge is 0.398 e. The number of hydrogen-bond acceptors (Lipinski definition) is 6. The fourth-order valence-corrected chi connectivity index (χ4v) is 3.00. The summed E-state index contributed by atoms with van der Waals surface area (Å²) in [5, 5.41) is 0. The van der Waals surface area contributed by atoms with E-state index in [9.17, 15) is 4.39 Å². The van der Waals surface area contributed by atoms with Crippen molar-refractivity contribution in [3.8, 4) is 11.4 Å². The standard InChI is InChI=1S/C17H23FN6.2ClH/c1-2-3-11-8-14(24-7-6-10(19)9-24)23-17(22-11)15-13(20)5-4-12(18)16(15)21;;/h4-5,8,10H,2-3,6-7,9,19-21H2,1H3;2*1H. The van der Waals surface area contributed by atoms with Crippen LogP contribution in [0, 0.1) is 5.82 Å². The molecule has 0 amide bonds. The van der Waals surface area contributed by atoms with Crippen molar-refractivity contribution in [2.24, 2.45) is 5.73 Å². The van der Waals surface area contributed by atoms with E-state index in [1.165, 1.54) is 12.1 Å². The summed E-state index contributed by atoms with van der Waals surface area (Å²) in [5.74, 6) is 0.638. The summed E-state index contributed by atoms with van der Waals surface area (Å²) in [4.78, 5) is 11.3. The van der Waals surface area contributed by atoms with E-state index in [1.54, 1.807) is 0 Å². The van der Waals surface area contributed by atoms with E-state index in [0.29, 0.717) is 17.1 Å². The lowest BCUT2D eigenvalue weighted by molar-refractivity contribution is 0.633. The Bertz CT molecular complexity index is 758. The van der Waals surface area contributed by atoms with E-state index in [4.69, 9.17) is 17.2 Å². The fraction of sp³-hybridized carbons (Fsp3) is 0.412. The first-order chi connectivity index (χ1) is 11.5. The molecule has 1 atom stereocenters. The van der Waals surface area contributed by atoms with Crippen LogP contribution in [0.15, 0.2) is 18.2 Å². The van der Waals surface area contributed by atoms with Crippen LogP contribution < -0.4 is 22.1 Å². The van der Waals surface area contributed by atoms with E-state index in [2.05, 4.69) is 21.8 Å². The molecule has 2 aromatic rings. The van der Waals surface area contributed by atoms with E-state index < -0.39 is 5.82 Å². The van der Waals surface area contributed by atoms with Gasteiger partial charge in [0, 0.05) is 36.6 Å². The molecule has 1 aliphatic rings. The lowest BCUT2D eigenvalue weighted by Gasteiger charge is -2.19. The SMILES string of the molecule is CCCc1cc(N2CCC(N)C2)nc(-c2c(N)ccc(F)c2N)n1.Cl.Cl. The predicted molar refractivity (Wildman–Crippen MR) is 110 cm³/mol. The van der Waals surface area contributed by atoms with Crippen LogP contribution in [0.25, 0.3) is 11.4 Å². The third kappa shape index (κ3) is 4.47. The van der Waals surface area contributed by atoms with Crippen LogP contribution in [-0.2, 0) is 6.42 Å². The Kier molecular flexibility index (Phi) is 7.87. The summed E-state index contributed by atoms with van der Waals surface area (Å²) in [6, 6.07) is 4.85. The zero-order valence-corrected chi connectivity index (χ0v) is 16.2. The predicted octanol–water partition coefficient (Wildman–Crippen LogP) is 2.78. The summed E-state index contributed by atoms with van der Waals surface area (Å²) in [5.41, 5.74) is 19.5. The molecule has 0 spiro atoms. The molecule has 0 saturated carbocycles. The maximum absolute atomic E-state index is 13.9. The minimum absolute atomic E-state index is 0. The maximum Gasteiger partial charge on any atom is 0.166 e. The van der Waals surface area contributed by atoms with Gasteiger partial charge in [0.05, 0.1) is 11.3 Å². The number of hydrogen-bond donors (Lipinski definition) is 3. The Morgan fingerprint density at radius 3 is 2.58 bits per heavy atom. The van der Waals surface area contributed by atoms with Gasteiger partial charge in [0.1, 0.15) is 11.6 Å². The van der Waals surface area contributed by atoms with Gasteiger partial charge in [0.25, 0.3) is 0 Å². The second kappa shape index (κ2) is 9.21. The van der Waals surface area contributed by atoms with Gasteiger partial charge in [-0.05, 0) is 25.0 Å². The normalized spacial score (nSPS) is 16.1. The van der Waals surface area contributed by atoms with Crippen LogP contribution in [0.5, 0.6) is 0 Å². The Balaban J connectivity index is 0.00000169. The Morgan fingerprint density at radius 1 is 1.23 bits per heavy atom. The van der Waals surface area contributed by atoms with Gasteiger partial charge in [-0.15, -0.1) is 24.8 Å². The number of anilines is 3. The first kappa shape index (κ1) is 22.2. The molecule has 6 nitrogen and oxygen atoms in total. The highest BCUT2D eigenvalue weighted by Crippen LogP contribution is 2.33. The third-order valence-electron chi connectivity index (χ3n) is 4.27. The van der Waals surface area contributed by atoms with Crippen LogP contribution in [-0.4, -0.2) is 29.1 Å². The quantitative estimate of drug-likeness (QED) is 0.678. The van der Waals surface area contributed by atoms with Crippen molar-refractivity contribution in [3.05, 3.63) is 29.7 Å². The molecule has 1 aliphatic heterocycles. The number of nitrogens with two attached hydrogens (primary N) is 3. The maximum atomic E-state index is 13.9. The zero-order chi connectivity index (χ0) is 17.3. The van der Waals surface area contributed by atoms with E-state index in [0.717, 1.165) is 43.9 Å². The highest BCUT2D eigenvalue weighted by atomic mass is 35.5. The number of halogens is 3. The van der Waals surface area contributed by atoms with Crippen molar-refractivity contribution in [1.82, 2.24) is 9.97 Å². The molecule has 26 heavy (non-hydrogen) atoms. The van der Waals surface area contributed by atoms with Crippen LogP contribution in [0.2, 0.25) is 0 Å². The minimum atomic E-state index is -0.520. The topological polar surface area (TPSA) is 107 Å². The average Bonchev–Trinajstić information content (AvgIpc) is 2.98. The third-order valence-corrected chi connectivity index (χ3v) is 4.27. The molecule has 3 rings (SSSR count). The molecule has 1 aromatic heterocycles. The first-order valence-electron chi connectivity index (χ1n) is 8.22. The van der Waals surface area contributed by atoms with Crippen molar-refractivity contribution in [2.75, 3.05) is 29.5 Å². The zero-order valence-electron chi connectivity index (χ0n) is 14.6. The van der Waals surface area contributed by atoms with Crippen molar-refractivity contribution < 1.29 is 4.39 Å². The summed E-state index contributed by atoms with van der Waals surface area (Å²) in [7, 11) is 0. The van der Waals surface area contributed by atoms with Gasteiger partial charge in [-0.3, -0.25) is 0 Å².